The summed E-state index contributed by atoms with van der Waals surface area (Å²) in [5, 5.41) is 4.60. The first-order valence-electron chi connectivity index (χ1n) is 6.32. The molecule has 0 atom stereocenters. The van der Waals surface area contributed by atoms with Gasteiger partial charge in [0.2, 0.25) is 0 Å². The fraction of sp³-hybridized carbons (Fsp3) is 0.769. The molecule has 0 aliphatic carbocycles. The van der Waals surface area contributed by atoms with Crippen LogP contribution in [0.25, 0.3) is 0 Å². The topological polar surface area (TPSA) is 21.1 Å². The SMILES string of the molecule is Cc1cc(C2CCN(C(C)C)CC2)nn1C. The molecular formula is C13H23N3. The standard InChI is InChI=1S/C13H23N3/c1-10(2)16-7-5-12(6-8-16)13-9-11(3)15(4)14-13/h9-10,12H,5-8H2,1-4H3. The van der Waals surface area contributed by atoms with Crippen LogP contribution in [0.4, 0.5) is 0 Å². The third-order valence-electron chi connectivity index (χ3n) is 3.81. The lowest BCUT2D eigenvalue weighted by atomic mass is 9.93. The molecule has 1 aliphatic rings. The van der Waals surface area contributed by atoms with E-state index < -0.39 is 0 Å². The molecule has 0 unspecified atom stereocenters. The van der Waals surface area contributed by atoms with Gasteiger partial charge < -0.3 is 4.90 Å². The van der Waals surface area contributed by atoms with Crippen molar-refractivity contribution in [2.75, 3.05) is 13.1 Å². The maximum atomic E-state index is 4.60. The molecule has 0 spiro atoms. The smallest absolute Gasteiger partial charge is 0.0659 e. The van der Waals surface area contributed by atoms with Crippen molar-refractivity contribution >= 4 is 0 Å². The van der Waals surface area contributed by atoms with Crippen LogP contribution >= 0.6 is 0 Å². The number of likely N-dealkylation sites (tertiary alicyclic amines) is 1. The zero-order valence-electron chi connectivity index (χ0n) is 10.9. The van der Waals surface area contributed by atoms with Crippen LogP contribution in [0.2, 0.25) is 0 Å². The van der Waals surface area contributed by atoms with Gasteiger partial charge in [0, 0.05) is 24.7 Å². The van der Waals surface area contributed by atoms with Gasteiger partial charge in [0.25, 0.3) is 0 Å². The van der Waals surface area contributed by atoms with Crippen LogP contribution in [0.15, 0.2) is 6.07 Å². The van der Waals surface area contributed by atoms with Crippen molar-refractivity contribution in [2.24, 2.45) is 7.05 Å². The van der Waals surface area contributed by atoms with Crippen LogP contribution in [-0.2, 0) is 7.05 Å². The Morgan fingerprint density at radius 1 is 1.31 bits per heavy atom. The molecule has 0 amide bonds. The van der Waals surface area contributed by atoms with Gasteiger partial charge in [-0.3, -0.25) is 4.68 Å². The molecule has 1 aromatic rings. The normalized spacial score (nSPS) is 19.6. The van der Waals surface area contributed by atoms with E-state index in [0.29, 0.717) is 12.0 Å². The molecule has 3 nitrogen and oxygen atoms in total. The van der Waals surface area contributed by atoms with E-state index in [0.717, 1.165) is 0 Å². The number of hydrogen-bond acceptors (Lipinski definition) is 2. The Kier molecular flexibility index (Phi) is 3.33. The molecular weight excluding hydrogens is 198 g/mol. The third kappa shape index (κ3) is 2.29. The molecule has 0 aromatic carbocycles. The average Bonchev–Trinajstić information content (AvgIpc) is 2.59. The van der Waals surface area contributed by atoms with Crippen molar-refractivity contribution in [2.45, 2.75) is 45.6 Å². The first-order chi connectivity index (χ1) is 7.58. The van der Waals surface area contributed by atoms with E-state index in [9.17, 15) is 0 Å². The number of aryl methyl sites for hydroxylation is 2. The zero-order chi connectivity index (χ0) is 11.7. The summed E-state index contributed by atoms with van der Waals surface area (Å²) in [6, 6.07) is 2.93. The number of hydrogen-bond donors (Lipinski definition) is 0. The molecule has 0 N–H and O–H groups in total. The summed E-state index contributed by atoms with van der Waals surface area (Å²) in [6.07, 6.45) is 2.52. The van der Waals surface area contributed by atoms with Crippen LogP contribution < -0.4 is 0 Å². The number of aromatic nitrogens is 2. The molecule has 1 aliphatic heterocycles. The highest BCUT2D eigenvalue weighted by Gasteiger charge is 2.23. The number of rotatable bonds is 2. The zero-order valence-corrected chi connectivity index (χ0v) is 10.9. The van der Waals surface area contributed by atoms with Gasteiger partial charge in [-0.05, 0) is 52.8 Å². The van der Waals surface area contributed by atoms with Crippen LogP contribution in [0.3, 0.4) is 0 Å². The Labute approximate surface area is 98.4 Å². The van der Waals surface area contributed by atoms with Crippen LogP contribution in [0.1, 0.15) is 44.0 Å². The number of nitrogens with zero attached hydrogens (tertiary/aromatic N) is 3. The van der Waals surface area contributed by atoms with Crippen molar-refractivity contribution in [3.63, 3.8) is 0 Å². The summed E-state index contributed by atoms with van der Waals surface area (Å²) in [5.41, 5.74) is 2.56. The van der Waals surface area contributed by atoms with Crippen molar-refractivity contribution in [3.05, 3.63) is 17.5 Å². The van der Waals surface area contributed by atoms with E-state index in [-0.39, 0.29) is 0 Å². The van der Waals surface area contributed by atoms with Crippen LogP contribution in [0.5, 0.6) is 0 Å². The van der Waals surface area contributed by atoms with E-state index in [1.807, 2.05) is 11.7 Å². The lowest BCUT2D eigenvalue weighted by molar-refractivity contribution is 0.170. The minimum absolute atomic E-state index is 0.676. The highest BCUT2D eigenvalue weighted by Crippen LogP contribution is 2.28. The van der Waals surface area contributed by atoms with E-state index >= 15 is 0 Å². The van der Waals surface area contributed by atoms with Gasteiger partial charge in [-0.2, -0.15) is 5.10 Å². The number of piperidine rings is 1. The maximum Gasteiger partial charge on any atom is 0.0659 e. The Morgan fingerprint density at radius 2 is 1.94 bits per heavy atom. The molecule has 3 heteroatoms. The van der Waals surface area contributed by atoms with Crippen molar-refractivity contribution in [3.8, 4) is 0 Å². The minimum Gasteiger partial charge on any atom is -0.301 e. The summed E-state index contributed by atoms with van der Waals surface area (Å²) in [5.74, 6) is 0.676. The second-order valence-corrected chi connectivity index (χ2v) is 5.24. The van der Waals surface area contributed by atoms with Gasteiger partial charge >= 0.3 is 0 Å². The van der Waals surface area contributed by atoms with E-state index in [1.54, 1.807) is 0 Å². The van der Waals surface area contributed by atoms with Crippen molar-refractivity contribution in [1.29, 1.82) is 0 Å². The molecule has 0 bridgehead atoms. The Morgan fingerprint density at radius 3 is 2.38 bits per heavy atom. The van der Waals surface area contributed by atoms with E-state index in [4.69, 9.17) is 0 Å². The highest BCUT2D eigenvalue weighted by molar-refractivity contribution is 5.14. The molecule has 0 radical (unpaired) electrons. The predicted octanol–water partition coefficient (Wildman–Crippen LogP) is 2.32. The molecule has 2 heterocycles. The third-order valence-corrected chi connectivity index (χ3v) is 3.81. The molecule has 1 aromatic heterocycles. The fourth-order valence-electron chi connectivity index (χ4n) is 2.50. The van der Waals surface area contributed by atoms with E-state index in [2.05, 4.69) is 36.8 Å². The summed E-state index contributed by atoms with van der Waals surface area (Å²) in [6.45, 7) is 9.13. The molecule has 1 saturated heterocycles. The summed E-state index contributed by atoms with van der Waals surface area (Å²) < 4.78 is 1.99. The lowest BCUT2D eigenvalue weighted by Gasteiger charge is -2.33. The summed E-state index contributed by atoms with van der Waals surface area (Å²) in [4.78, 5) is 2.56. The summed E-state index contributed by atoms with van der Waals surface area (Å²) in [7, 11) is 2.03. The lowest BCUT2D eigenvalue weighted by Crippen LogP contribution is -2.37. The van der Waals surface area contributed by atoms with Gasteiger partial charge in [-0.1, -0.05) is 0 Å². The first-order valence-corrected chi connectivity index (χ1v) is 6.32. The Hall–Kier alpha value is -0.830. The maximum absolute atomic E-state index is 4.60. The monoisotopic (exact) mass is 221 g/mol. The van der Waals surface area contributed by atoms with Gasteiger partial charge in [0.05, 0.1) is 5.69 Å². The quantitative estimate of drug-likeness (QED) is 0.764. The largest absolute Gasteiger partial charge is 0.301 e. The Balaban J connectivity index is 1.99. The van der Waals surface area contributed by atoms with Crippen molar-refractivity contribution in [1.82, 2.24) is 14.7 Å². The van der Waals surface area contributed by atoms with Gasteiger partial charge in [-0.15, -0.1) is 0 Å². The van der Waals surface area contributed by atoms with Crippen LogP contribution in [0, 0.1) is 6.92 Å². The minimum atomic E-state index is 0.676. The highest BCUT2D eigenvalue weighted by atomic mass is 15.3. The second-order valence-electron chi connectivity index (χ2n) is 5.24. The van der Waals surface area contributed by atoms with Crippen LogP contribution in [-0.4, -0.2) is 33.8 Å². The van der Waals surface area contributed by atoms with E-state index in [1.165, 1.54) is 37.3 Å². The van der Waals surface area contributed by atoms with Gasteiger partial charge in [0.1, 0.15) is 0 Å². The molecule has 2 rings (SSSR count). The van der Waals surface area contributed by atoms with Crippen molar-refractivity contribution < 1.29 is 0 Å². The average molecular weight is 221 g/mol. The summed E-state index contributed by atoms with van der Waals surface area (Å²) >= 11 is 0. The van der Waals surface area contributed by atoms with Gasteiger partial charge in [0.15, 0.2) is 0 Å². The van der Waals surface area contributed by atoms with Gasteiger partial charge in [-0.25, -0.2) is 0 Å². The Bertz CT molecular complexity index is 327. The molecule has 16 heavy (non-hydrogen) atoms. The fourth-order valence-corrected chi connectivity index (χ4v) is 2.50. The molecule has 0 saturated carbocycles. The predicted molar refractivity (Wildman–Crippen MR) is 66.6 cm³/mol. The molecule has 90 valence electrons. The first kappa shape index (κ1) is 11.6. The second kappa shape index (κ2) is 4.58. The molecule has 1 fully saturated rings.